The molecular weight excluding hydrogens is 395 g/mol. The maximum atomic E-state index is 15.7. The average molecular weight is 420 g/mol. The van der Waals surface area contributed by atoms with E-state index in [1.54, 1.807) is 0 Å². The van der Waals surface area contributed by atoms with E-state index in [1.807, 2.05) is 72.6 Å². The van der Waals surface area contributed by atoms with E-state index >= 15 is 4.39 Å². The number of nitrogens with zero attached hydrogens (tertiary/aromatic N) is 3. The Morgan fingerprint density at radius 2 is 1.45 bits per heavy atom. The Labute approximate surface area is 181 Å². The third-order valence-corrected chi connectivity index (χ3v) is 5.69. The summed E-state index contributed by atoms with van der Waals surface area (Å²) in [5, 5.41) is 14.9. The summed E-state index contributed by atoms with van der Waals surface area (Å²) in [6, 6.07) is 21.6. The molecule has 0 aromatic heterocycles. The molecule has 0 saturated carbocycles. The number of hydrogen-bond donors (Lipinski definition) is 1. The first-order chi connectivity index (χ1) is 15.0. The minimum Gasteiger partial charge on any atom is -0.367 e. The van der Waals surface area contributed by atoms with Crippen molar-refractivity contribution in [2.75, 3.05) is 43.4 Å². The molecule has 0 aliphatic carbocycles. The molecule has 1 heterocycles. The van der Waals surface area contributed by atoms with E-state index in [2.05, 4.69) is 10.2 Å². The van der Waals surface area contributed by atoms with E-state index in [4.69, 9.17) is 0 Å². The number of benzene rings is 3. The van der Waals surface area contributed by atoms with E-state index in [1.165, 1.54) is 12.1 Å². The second-order valence-corrected chi connectivity index (χ2v) is 7.74. The number of likely N-dealkylation sites (N-methyl/N-ethyl adjacent to an activating group) is 1. The van der Waals surface area contributed by atoms with Gasteiger partial charge in [0.25, 0.3) is 5.69 Å². The van der Waals surface area contributed by atoms with Crippen LogP contribution in [0.2, 0.25) is 0 Å². The summed E-state index contributed by atoms with van der Waals surface area (Å²) in [6.45, 7) is 2.97. The fourth-order valence-electron chi connectivity index (χ4n) is 3.93. The lowest BCUT2D eigenvalue weighted by molar-refractivity contribution is -0.384. The highest BCUT2D eigenvalue weighted by atomic mass is 19.1. The Hall–Kier alpha value is -3.45. The molecule has 7 heteroatoms. The molecule has 0 atom stereocenters. The third kappa shape index (κ3) is 4.51. The lowest BCUT2D eigenvalue weighted by Crippen LogP contribution is -2.44. The molecule has 1 N–H and O–H groups in total. The topological polar surface area (TPSA) is 61.7 Å². The van der Waals surface area contributed by atoms with Gasteiger partial charge in [0, 0.05) is 32.2 Å². The van der Waals surface area contributed by atoms with Crippen molar-refractivity contribution in [3.8, 4) is 0 Å². The van der Waals surface area contributed by atoms with Gasteiger partial charge >= 0.3 is 0 Å². The Morgan fingerprint density at radius 3 is 1.97 bits per heavy atom. The van der Waals surface area contributed by atoms with Crippen LogP contribution < -0.4 is 10.2 Å². The number of hydrogen-bond acceptors (Lipinski definition) is 5. The highest BCUT2D eigenvalue weighted by molar-refractivity contribution is 5.72. The fraction of sp³-hybridized carbons (Fsp3) is 0.250. The maximum Gasteiger partial charge on any atom is 0.295 e. The van der Waals surface area contributed by atoms with Crippen LogP contribution in [-0.4, -0.2) is 43.0 Å². The minimum atomic E-state index is -0.587. The summed E-state index contributed by atoms with van der Waals surface area (Å²) in [5.74, 6) is -0.587. The first kappa shape index (κ1) is 20.8. The SMILES string of the molecule is CN1CCN(c2ccc([N+](=O)[O-])c(NC(c3ccccc3)c3ccccc3)c2F)CC1. The largest absolute Gasteiger partial charge is 0.367 e. The number of halogens is 1. The van der Waals surface area contributed by atoms with Crippen LogP contribution in [0.5, 0.6) is 0 Å². The zero-order valence-corrected chi connectivity index (χ0v) is 17.4. The van der Waals surface area contributed by atoms with Crippen LogP contribution in [0.3, 0.4) is 0 Å². The van der Waals surface area contributed by atoms with E-state index in [-0.39, 0.29) is 11.4 Å². The van der Waals surface area contributed by atoms with Gasteiger partial charge in [0.2, 0.25) is 0 Å². The van der Waals surface area contributed by atoms with Crippen LogP contribution in [0.25, 0.3) is 0 Å². The predicted molar refractivity (Wildman–Crippen MR) is 121 cm³/mol. The molecule has 1 aliphatic rings. The molecule has 31 heavy (non-hydrogen) atoms. The summed E-state index contributed by atoms with van der Waals surface area (Å²) in [5.41, 5.74) is 1.83. The van der Waals surface area contributed by atoms with Crippen molar-refractivity contribution in [1.29, 1.82) is 0 Å². The van der Waals surface area contributed by atoms with Crippen molar-refractivity contribution >= 4 is 17.1 Å². The van der Waals surface area contributed by atoms with Gasteiger partial charge in [-0.1, -0.05) is 60.7 Å². The van der Waals surface area contributed by atoms with E-state index in [0.29, 0.717) is 18.8 Å². The normalized spacial score (nSPS) is 14.6. The molecule has 0 unspecified atom stereocenters. The Bertz CT molecular complexity index is 999. The second-order valence-electron chi connectivity index (χ2n) is 7.74. The van der Waals surface area contributed by atoms with Crippen LogP contribution in [0, 0.1) is 15.9 Å². The van der Waals surface area contributed by atoms with Gasteiger partial charge < -0.3 is 15.1 Å². The quantitative estimate of drug-likeness (QED) is 0.463. The van der Waals surface area contributed by atoms with Crippen molar-refractivity contribution in [3.63, 3.8) is 0 Å². The van der Waals surface area contributed by atoms with Gasteiger partial charge in [-0.2, -0.15) is 0 Å². The first-order valence-electron chi connectivity index (χ1n) is 10.3. The maximum absolute atomic E-state index is 15.7. The number of anilines is 2. The zero-order chi connectivity index (χ0) is 21.8. The highest BCUT2D eigenvalue weighted by Gasteiger charge is 2.28. The molecule has 3 aromatic rings. The third-order valence-electron chi connectivity index (χ3n) is 5.69. The van der Waals surface area contributed by atoms with Gasteiger partial charge in [-0.05, 0) is 24.2 Å². The van der Waals surface area contributed by atoms with Gasteiger partial charge in [0.1, 0.15) is 0 Å². The van der Waals surface area contributed by atoms with Crippen LogP contribution >= 0.6 is 0 Å². The molecule has 6 nitrogen and oxygen atoms in total. The summed E-state index contributed by atoms with van der Waals surface area (Å²) in [7, 11) is 2.03. The van der Waals surface area contributed by atoms with Crippen molar-refractivity contribution < 1.29 is 9.31 Å². The summed E-state index contributed by atoms with van der Waals surface area (Å²) >= 11 is 0. The summed E-state index contributed by atoms with van der Waals surface area (Å²) < 4.78 is 15.7. The van der Waals surface area contributed by atoms with E-state index < -0.39 is 16.8 Å². The number of nitro benzene ring substituents is 1. The van der Waals surface area contributed by atoms with Gasteiger partial charge in [0.05, 0.1) is 16.7 Å². The molecule has 3 aromatic carbocycles. The number of rotatable bonds is 6. The molecule has 1 saturated heterocycles. The van der Waals surface area contributed by atoms with Gasteiger partial charge in [0.15, 0.2) is 11.5 Å². The summed E-state index contributed by atoms with van der Waals surface area (Å²) in [4.78, 5) is 15.3. The van der Waals surface area contributed by atoms with Gasteiger partial charge in [-0.15, -0.1) is 0 Å². The Morgan fingerprint density at radius 1 is 0.903 bits per heavy atom. The van der Waals surface area contributed by atoms with Crippen LogP contribution in [0.15, 0.2) is 72.8 Å². The Kier molecular flexibility index (Phi) is 6.13. The van der Waals surface area contributed by atoms with Crippen LogP contribution in [0.4, 0.5) is 21.5 Å². The van der Waals surface area contributed by atoms with Crippen LogP contribution in [-0.2, 0) is 0 Å². The average Bonchev–Trinajstić information content (AvgIpc) is 2.80. The fourth-order valence-corrected chi connectivity index (χ4v) is 3.93. The zero-order valence-electron chi connectivity index (χ0n) is 17.4. The second kappa shape index (κ2) is 9.14. The van der Waals surface area contributed by atoms with E-state index in [0.717, 1.165) is 24.2 Å². The number of nitrogens with one attached hydrogen (secondary N) is 1. The molecule has 160 valence electrons. The van der Waals surface area contributed by atoms with Crippen molar-refractivity contribution in [2.24, 2.45) is 0 Å². The smallest absolute Gasteiger partial charge is 0.295 e. The standard InChI is InChI=1S/C24H25FN4O2/c1-27-14-16-28(17-15-27)20-12-13-21(29(30)31)24(22(20)25)26-23(18-8-4-2-5-9-18)19-10-6-3-7-11-19/h2-13,23,26H,14-17H2,1H3. The van der Waals surface area contributed by atoms with Crippen molar-refractivity contribution in [3.05, 3.63) is 99.9 Å². The molecule has 0 amide bonds. The number of piperazine rings is 1. The highest BCUT2D eigenvalue weighted by Crippen LogP contribution is 2.38. The van der Waals surface area contributed by atoms with Crippen molar-refractivity contribution in [1.82, 2.24) is 4.90 Å². The van der Waals surface area contributed by atoms with Gasteiger partial charge in [-0.3, -0.25) is 10.1 Å². The lowest BCUT2D eigenvalue weighted by atomic mass is 9.98. The monoisotopic (exact) mass is 420 g/mol. The van der Waals surface area contributed by atoms with Gasteiger partial charge in [-0.25, -0.2) is 4.39 Å². The Balaban J connectivity index is 1.77. The van der Waals surface area contributed by atoms with Crippen LogP contribution in [0.1, 0.15) is 17.2 Å². The molecule has 0 bridgehead atoms. The molecule has 4 rings (SSSR count). The minimum absolute atomic E-state index is 0.0841. The van der Waals surface area contributed by atoms with Crippen molar-refractivity contribution in [2.45, 2.75) is 6.04 Å². The predicted octanol–water partition coefficient (Wildman–Crippen LogP) is 4.69. The molecule has 1 fully saturated rings. The number of nitro groups is 1. The summed E-state index contributed by atoms with van der Waals surface area (Å²) in [6.07, 6.45) is 0. The molecule has 0 radical (unpaired) electrons. The first-order valence-corrected chi connectivity index (χ1v) is 10.3. The molecule has 1 aliphatic heterocycles. The molecular formula is C24H25FN4O2. The lowest BCUT2D eigenvalue weighted by Gasteiger charge is -2.34. The van der Waals surface area contributed by atoms with E-state index in [9.17, 15) is 10.1 Å². The molecule has 0 spiro atoms.